The molecule has 1 atom stereocenters. The van der Waals surface area contributed by atoms with E-state index < -0.39 is 0 Å². The Bertz CT molecular complexity index is 811. The van der Waals surface area contributed by atoms with Crippen LogP contribution in [-0.4, -0.2) is 47.0 Å². The van der Waals surface area contributed by atoms with Crippen molar-refractivity contribution in [1.82, 2.24) is 19.8 Å². The fourth-order valence-electron chi connectivity index (χ4n) is 3.18. The quantitative estimate of drug-likeness (QED) is 0.790. The number of hydrogen-bond acceptors (Lipinski definition) is 4. The highest BCUT2D eigenvalue weighted by Crippen LogP contribution is 2.17. The number of fused-ring (bicyclic) bond motifs is 1. The van der Waals surface area contributed by atoms with Gasteiger partial charge in [-0.15, -0.1) is 12.4 Å². The van der Waals surface area contributed by atoms with Crippen molar-refractivity contribution in [3.8, 4) is 0 Å². The third-order valence-corrected chi connectivity index (χ3v) is 4.98. The minimum Gasteiger partial charge on any atom is -0.342 e. The highest BCUT2D eigenvalue weighted by molar-refractivity contribution is 9.10. The zero-order chi connectivity index (χ0) is 17.1. The highest BCUT2D eigenvalue weighted by atomic mass is 79.9. The van der Waals surface area contributed by atoms with Gasteiger partial charge in [0.1, 0.15) is 0 Å². The van der Waals surface area contributed by atoms with Gasteiger partial charge in [-0.2, -0.15) is 0 Å². The molecule has 136 valence electrons. The van der Waals surface area contributed by atoms with Crippen LogP contribution in [-0.2, 0) is 11.3 Å². The number of nitrogens with one attached hydrogen (secondary N) is 1. The predicted molar refractivity (Wildman–Crippen MR) is 104 cm³/mol. The minimum atomic E-state index is -0.108. The van der Waals surface area contributed by atoms with Crippen LogP contribution in [0.1, 0.15) is 12.8 Å². The van der Waals surface area contributed by atoms with Gasteiger partial charge in [0.15, 0.2) is 0 Å². The molecular weight excluding hydrogens is 408 g/mol. The molecule has 2 heterocycles. The van der Waals surface area contributed by atoms with Crippen molar-refractivity contribution in [3.63, 3.8) is 0 Å². The van der Waals surface area contributed by atoms with Gasteiger partial charge in [-0.3, -0.25) is 14.2 Å². The molecule has 1 aromatic heterocycles. The number of hydrogen-bond donors (Lipinski definition) is 1. The van der Waals surface area contributed by atoms with E-state index in [1.165, 1.54) is 10.9 Å². The van der Waals surface area contributed by atoms with Crippen LogP contribution in [0.4, 0.5) is 0 Å². The molecule has 1 unspecified atom stereocenters. The largest absolute Gasteiger partial charge is 0.342 e. The maximum atomic E-state index is 12.5. The lowest BCUT2D eigenvalue weighted by molar-refractivity contribution is -0.130. The van der Waals surface area contributed by atoms with Crippen molar-refractivity contribution in [3.05, 3.63) is 39.4 Å². The molecule has 25 heavy (non-hydrogen) atoms. The van der Waals surface area contributed by atoms with Crippen molar-refractivity contribution in [2.45, 2.75) is 19.4 Å². The van der Waals surface area contributed by atoms with Crippen LogP contribution in [0.25, 0.3) is 10.9 Å². The van der Waals surface area contributed by atoms with E-state index in [0.717, 1.165) is 30.5 Å². The first-order valence-corrected chi connectivity index (χ1v) is 8.95. The second-order valence-corrected chi connectivity index (χ2v) is 7.12. The number of carbonyl (C=O) groups excluding carboxylic acids is 1. The molecule has 1 aliphatic heterocycles. The Hall–Kier alpha value is -1.44. The lowest BCUT2D eigenvalue weighted by Crippen LogP contribution is -2.32. The number of nitrogens with zero attached hydrogens (tertiary/aromatic N) is 3. The lowest BCUT2D eigenvalue weighted by Gasteiger charge is -2.17. The smallest absolute Gasteiger partial charge is 0.261 e. The van der Waals surface area contributed by atoms with E-state index >= 15 is 0 Å². The summed E-state index contributed by atoms with van der Waals surface area (Å²) in [4.78, 5) is 31.1. The van der Waals surface area contributed by atoms with Gasteiger partial charge >= 0.3 is 0 Å². The van der Waals surface area contributed by atoms with Crippen LogP contribution >= 0.6 is 28.3 Å². The van der Waals surface area contributed by atoms with E-state index in [-0.39, 0.29) is 23.9 Å². The number of rotatable bonds is 5. The van der Waals surface area contributed by atoms with Gasteiger partial charge in [0, 0.05) is 30.5 Å². The fourth-order valence-corrected chi connectivity index (χ4v) is 3.54. The van der Waals surface area contributed by atoms with Crippen LogP contribution in [0, 0.1) is 5.92 Å². The second-order valence-electron chi connectivity index (χ2n) is 6.21. The highest BCUT2D eigenvalue weighted by Gasteiger charge is 2.25. The third-order valence-electron chi connectivity index (χ3n) is 4.48. The Morgan fingerprint density at radius 1 is 1.44 bits per heavy atom. The molecule has 0 aliphatic carbocycles. The first-order chi connectivity index (χ1) is 11.6. The molecule has 1 aromatic carbocycles. The summed E-state index contributed by atoms with van der Waals surface area (Å²) >= 11 is 3.37. The summed E-state index contributed by atoms with van der Waals surface area (Å²) in [7, 11) is 1.93. The zero-order valence-corrected chi connectivity index (χ0v) is 16.5. The van der Waals surface area contributed by atoms with E-state index in [2.05, 4.69) is 26.2 Å². The first kappa shape index (κ1) is 19.9. The average molecular weight is 430 g/mol. The van der Waals surface area contributed by atoms with Gasteiger partial charge in [0.25, 0.3) is 5.56 Å². The van der Waals surface area contributed by atoms with Gasteiger partial charge in [-0.25, -0.2) is 4.98 Å². The normalized spacial score (nSPS) is 16.9. The molecule has 0 spiro atoms. The molecule has 0 radical (unpaired) electrons. The van der Waals surface area contributed by atoms with Crippen LogP contribution in [0.5, 0.6) is 0 Å². The van der Waals surface area contributed by atoms with Crippen molar-refractivity contribution in [2.75, 3.05) is 26.7 Å². The Morgan fingerprint density at radius 2 is 2.24 bits per heavy atom. The van der Waals surface area contributed by atoms with Crippen LogP contribution in [0.3, 0.4) is 0 Å². The molecule has 2 aromatic rings. The van der Waals surface area contributed by atoms with Crippen molar-refractivity contribution in [2.24, 2.45) is 5.92 Å². The Morgan fingerprint density at radius 3 is 3.00 bits per heavy atom. The number of aryl methyl sites for hydroxylation is 1. The maximum Gasteiger partial charge on any atom is 0.261 e. The monoisotopic (exact) mass is 428 g/mol. The average Bonchev–Trinajstić information content (AvgIpc) is 3.04. The van der Waals surface area contributed by atoms with Crippen molar-refractivity contribution < 1.29 is 4.79 Å². The van der Waals surface area contributed by atoms with E-state index in [1.54, 1.807) is 6.07 Å². The summed E-state index contributed by atoms with van der Waals surface area (Å²) in [6, 6.07) is 5.44. The molecule has 1 saturated heterocycles. The Labute approximate surface area is 161 Å². The summed E-state index contributed by atoms with van der Waals surface area (Å²) in [5.41, 5.74) is 0.559. The molecule has 0 bridgehead atoms. The second kappa shape index (κ2) is 8.78. The molecule has 1 N–H and O–H groups in total. The number of aromatic nitrogens is 2. The summed E-state index contributed by atoms with van der Waals surface area (Å²) in [6.45, 7) is 2.91. The zero-order valence-electron chi connectivity index (χ0n) is 14.1. The van der Waals surface area contributed by atoms with E-state index in [0.29, 0.717) is 29.8 Å². The van der Waals surface area contributed by atoms with Gasteiger partial charge in [-0.1, -0.05) is 15.9 Å². The number of carbonyl (C=O) groups is 1. The van der Waals surface area contributed by atoms with Gasteiger partial charge < -0.3 is 10.2 Å². The van der Waals surface area contributed by atoms with Crippen LogP contribution < -0.4 is 10.9 Å². The number of halogens is 2. The van der Waals surface area contributed by atoms with Crippen LogP contribution in [0.2, 0.25) is 0 Å². The molecule has 0 saturated carbocycles. The summed E-state index contributed by atoms with van der Waals surface area (Å²) in [5, 5.41) is 3.72. The molecule has 3 rings (SSSR count). The van der Waals surface area contributed by atoms with Crippen LogP contribution in [0.15, 0.2) is 33.8 Å². The van der Waals surface area contributed by atoms with Crippen molar-refractivity contribution >= 4 is 45.1 Å². The standard InChI is InChI=1S/C17H21BrN4O2.ClH/c1-19-9-12-4-6-21(10-12)16(23)5-7-22-11-20-15-3-2-13(18)8-14(15)17(22)24;/h2-3,8,11-12,19H,4-7,9-10H2,1H3;1H. The maximum absolute atomic E-state index is 12.5. The summed E-state index contributed by atoms with van der Waals surface area (Å²) in [6.07, 6.45) is 2.89. The predicted octanol–water partition coefficient (Wildman–Crippen LogP) is 2.04. The van der Waals surface area contributed by atoms with E-state index in [9.17, 15) is 9.59 Å². The first-order valence-electron chi connectivity index (χ1n) is 8.15. The number of amides is 1. The van der Waals surface area contributed by atoms with Gasteiger partial charge in [0.05, 0.1) is 17.2 Å². The van der Waals surface area contributed by atoms with Gasteiger partial charge in [-0.05, 0) is 44.1 Å². The summed E-state index contributed by atoms with van der Waals surface area (Å²) < 4.78 is 2.36. The topological polar surface area (TPSA) is 67.2 Å². The van der Waals surface area contributed by atoms with Crippen molar-refractivity contribution in [1.29, 1.82) is 0 Å². The SMILES string of the molecule is CNCC1CCN(C(=O)CCn2cnc3ccc(Br)cc3c2=O)C1.Cl. The van der Waals surface area contributed by atoms with E-state index in [1.807, 2.05) is 24.1 Å². The fraction of sp³-hybridized carbons (Fsp3) is 0.471. The Balaban J connectivity index is 0.00000225. The van der Waals surface area contributed by atoms with Gasteiger partial charge in [0.2, 0.25) is 5.91 Å². The third kappa shape index (κ3) is 4.59. The summed E-state index contributed by atoms with van der Waals surface area (Å²) in [5.74, 6) is 0.635. The molecule has 1 aliphatic rings. The molecule has 1 amide bonds. The Kier molecular flexibility index (Phi) is 6.98. The molecule has 6 nitrogen and oxygen atoms in total. The number of likely N-dealkylation sites (tertiary alicyclic amines) is 1. The molecule has 1 fully saturated rings. The minimum absolute atomic E-state index is 0. The lowest BCUT2D eigenvalue weighted by atomic mass is 10.1. The number of benzene rings is 1. The molecular formula is C17H22BrClN4O2. The molecule has 8 heteroatoms. The van der Waals surface area contributed by atoms with E-state index in [4.69, 9.17) is 0 Å².